The van der Waals surface area contributed by atoms with E-state index in [1.54, 1.807) is 29.2 Å². The Morgan fingerprint density at radius 2 is 1.83 bits per heavy atom. The Kier molecular flexibility index (Phi) is 5.38. The van der Waals surface area contributed by atoms with Gasteiger partial charge in [-0.1, -0.05) is 18.2 Å². The van der Waals surface area contributed by atoms with Crippen LogP contribution in [0.15, 0.2) is 42.5 Å². The van der Waals surface area contributed by atoms with Crippen LogP contribution in [0.25, 0.3) is 0 Å². The van der Waals surface area contributed by atoms with Crippen LogP contribution in [0.3, 0.4) is 0 Å². The fourth-order valence-corrected chi connectivity index (χ4v) is 3.61. The van der Waals surface area contributed by atoms with E-state index in [-0.39, 0.29) is 18.4 Å². The van der Waals surface area contributed by atoms with Gasteiger partial charge in [0.25, 0.3) is 11.8 Å². The molecule has 0 radical (unpaired) electrons. The molecule has 0 spiro atoms. The van der Waals surface area contributed by atoms with Crippen molar-refractivity contribution >= 4 is 17.5 Å². The van der Waals surface area contributed by atoms with E-state index in [2.05, 4.69) is 5.32 Å². The van der Waals surface area contributed by atoms with Gasteiger partial charge in [0.15, 0.2) is 6.61 Å². The minimum absolute atomic E-state index is 0.0475. The molecule has 9 heteroatoms. The molecule has 1 N–H and O–H groups in total. The normalized spacial score (nSPS) is 17.2. The lowest BCUT2D eigenvalue weighted by molar-refractivity contribution is -0.137. The highest BCUT2D eigenvalue weighted by Crippen LogP contribution is 2.30. The number of rotatable bonds is 3. The fraction of sp³-hybridized carbons (Fsp3) is 0.333. The molecule has 1 saturated heterocycles. The van der Waals surface area contributed by atoms with Gasteiger partial charge in [0, 0.05) is 38.3 Å². The van der Waals surface area contributed by atoms with Crippen molar-refractivity contribution in [3.8, 4) is 5.75 Å². The van der Waals surface area contributed by atoms with Crippen LogP contribution in [0.4, 0.5) is 18.9 Å². The number of amides is 2. The first-order valence-corrected chi connectivity index (χ1v) is 9.54. The predicted octanol–water partition coefficient (Wildman–Crippen LogP) is 2.99. The zero-order valence-corrected chi connectivity index (χ0v) is 16.0. The van der Waals surface area contributed by atoms with Gasteiger partial charge in [-0.25, -0.2) is 0 Å². The first-order chi connectivity index (χ1) is 14.3. The molecule has 0 aromatic heterocycles. The molecule has 0 aliphatic carbocycles. The topological polar surface area (TPSA) is 61.9 Å². The Balaban J connectivity index is 1.36. The van der Waals surface area contributed by atoms with Crippen LogP contribution in [-0.2, 0) is 17.5 Å². The van der Waals surface area contributed by atoms with Crippen molar-refractivity contribution in [1.82, 2.24) is 9.80 Å². The quantitative estimate of drug-likeness (QED) is 0.831. The minimum atomic E-state index is -4.36. The van der Waals surface area contributed by atoms with Crippen LogP contribution >= 0.6 is 0 Å². The third-order valence-corrected chi connectivity index (χ3v) is 5.18. The van der Waals surface area contributed by atoms with Crippen LogP contribution in [0.2, 0.25) is 0 Å². The molecular weight excluding hydrogens is 399 g/mol. The molecule has 1 fully saturated rings. The van der Waals surface area contributed by atoms with Gasteiger partial charge in [-0.05, 0) is 29.8 Å². The molecular formula is C21H20F3N3O3. The Morgan fingerprint density at radius 1 is 1.07 bits per heavy atom. The van der Waals surface area contributed by atoms with Gasteiger partial charge >= 0.3 is 6.18 Å². The van der Waals surface area contributed by atoms with Crippen molar-refractivity contribution < 1.29 is 27.5 Å². The van der Waals surface area contributed by atoms with Crippen molar-refractivity contribution in [1.29, 1.82) is 0 Å². The largest absolute Gasteiger partial charge is 0.482 e. The molecule has 2 aliphatic heterocycles. The molecule has 2 amide bonds. The molecule has 30 heavy (non-hydrogen) atoms. The van der Waals surface area contributed by atoms with Crippen molar-refractivity contribution in [2.75, 3.05) is 38.1 Å². The Bertz CT molecular complexity index is 969. The van der Waals surface area contributed by atoms with Gasteiger partial charge in [-0.2, -0.15) is 13.2 Å². The Hall–Kier alpha value is -3.07. The molecule has 158 valence electrons. The smallest absolute Gasteiger partial charge is 0.416 e. The molecule has 2 heterocycles. The summed E-state index contributed by atoms with van der Waals surface area (Å²) in [6.07, 6.45) is -4.36. The molecule has 4 rings (SSSR count). The summed E-state index contributed by atoms with van der Waals surface area (Å²) in [5.74, 6) is 0.101. The number of hydrogen-bond acceptors (Lipinski definition) is 4. The van der Waals surface area contributed by atoms with E-state index in [1.807, 2.05) is 4.90 Å². The average molecular weight is 419 g/mol. The van der Waals surface area contributed by atoms with Crippen molar-refractivity contribution in [3.05, 3.63) is 59.2 Å². The molecule has 6 nitrogen and oxygen atoms in total. The third kappa shape index (κ3) is 4.40. The SMILES string of the molecule is O=C1COc2ccc(C(=O)N3CCN(Cc4cccc(C(F)(F)F)c4)CC3)cc2N1. The highest BCUT2D eigenvalue weighted by Gasteiger charge is 2.30. The number of halogens is 3. The molecule has 0 atom stereocenters. The van der Waals surface area contributed by atoms with Crippen LogP contribution in [0.1, 0.15) is 21.5 Å². The molecule has 0 bridgehead atoms. The third-order valence-electron chi connectivity index (χ3n) is 5.18. The fourth-order valence-electron chi connectivity index (χ4n) is 3.61. The average Bonchev–Trinajstić information content (AvgIpc) is 2.73. The highest BCUT2D eigenvalue weighted by molar-refractivity contribution is 5.99. The number of anilines is 1. The number of hydrogen-bond donors (Lipinski definition) is 1. The number of benzene rings is 2. The minimum Gasteiger partial charge on any atom is -0.482 e. The van der Waals surface area contributed by atoms with Crippen LogP contribution < -0.4 is 10.1 Å². The van der Waals surface area contributed by atoms with Gasteiger partial charge < -0.3 is 15.0 Å². The molecule has 0 saturated carbocycles. The number of alkyl halides is 3. The van der Waals surface area contributed by atoms with E-state index in [4.69, 9.17) is 4.74 Å². The summed E-state index contributed by atoms with van der Waals surface area (Å²) in [5.41, 5.74) is 0.860. The van der Waals surface area contributed by atoms with Gasteiger partial charge in [-0.15, -0.1) is 0 Å². The van der Waals surface area contributed by atoms with Gasteiger partial charge in [0.2, 0.25) is 0 Å². The maximum absolute atomic E-state index is 12.9. The Morgan fingerprint density at radius 3 is 2.57 bits per heavy atom. The van der Waals surface area contributed by atoms with Crippen LogP contribution in [-0.4, -0.2) is 54.4 Å². The van der Waals surface area contributed by atoms with Crippen LogP contribution in [0, 0.1) is 0 Å². The summed E-state index contributed by atoms with van der Waals surface area (Å²) in [5, 5.41) is 2.68. The molecule has 2 aromatic carbocycles. The number of nitrogens with zero attached hydrogens (tertiary/aromatic N) is 2. The van der Waals surface area contributed by atoms with Gasteiger partial charge in [0.05, 0.1) is 11.3 Å². The second kappa shape index (κ2) is 7.98. The molecule has 2 aliphatic rings. The maximum Gasteiger partial charge on any atom is 0.416 e. The standard InChI is InChI=1S/C21H20F3N3O3/c22-21(23,24)16-3-1-2-14(10-16)12-26-6-8-27(9-7-26)20(29)15-4-5-18-17(11-15)25-19(28)13-30-18/h1-5,10-11H,6-9,12-13H2,(H,25,28). The summed E-state index contributed by atoms with van der Waals surface area (Å²) in [4.78, 5) is 28.0. The second-order valence-electron chi connectivity index (χ2n) is 7.31. The zero-order chi connectivity index (χ0) is 21.3. The number of fused-ring (bicyclic) bond motifs is 1. The lowest BCUT2D eigenvalue weighted by atomic mass is 10.1. The first-order valence-electron chi connectivity index (χ1n) is 9.54. The van der Waals surface area contributed by atoms with E-state index < -0.39 is 11.7 Å². The first kappa shape index (κ1) is 20.2. The van der Waals surface area contributed by atoms with E-state index in [0.717, 1.165) is 6.07 Å². The molecule has 0 unspecified atom stereocenters. The number of carbonyl (C=O) groups is 2. The number of ether oxygens (including phenoxy) is 1. The van der Waals surface area contributed by atoms with Crippen molar-refractivity contribution in [2.45, 2.75) is 12.7 Å². The summed E-state index contributed by atoms with van der Waals surface area (Å²) >= 11 is 0. The van der Waals surface area contributed by atoms with Crippen molar-refractivity contribution in [2.24, 2.45) is 0 Å². The van der Waals surface area contributed by atoms with E-state index >= 15 is 0 Å². The number of carbonyl (C=O) groups excluding carboxylic acids is 2. The van der Waals surface area contributed by atoms with E-state index in [1.165, 1.54) is 12.1 Å². The van der Waals surface area contributed by atoms with Gasteiger partial charge in [0.1, 0.15) is 5.75 Å². The molecule has 2 aromatic rings. The Labute approximate surface area is 171 Å². The maximum atomic E-state index is 12.9. The van der Waals surface area contributed by atoms with E-state index in [0.29, 0.717) is 55.3 Å². The number of piperazine rings is 1. The van der Waals surface area contributed by atoms with Gasteiger partial charge in [-0.3, -0.25) is 14.5 Å². The second-order valence-corrected chi connectivity index (χ2v) is 7.31. The lowest BCUT2D eigenvalue weighted by Crippen LogP contribution is -2.48. The summed E-state index contributed by atoms with van der Waals surface area (Å²) in [6, 6.07) is 10.2. The predicted molar refractivity (Wildman–Crippen MR) is 103 cm³/mol. The highest BCUT2D eigenvalue weighted by atomic mass is 19.4. The zero-order valence-electron chi connectivity index (χ0n) is 16.0. The monoisotopic (exact) mass is 419 g/mol. The summed E-state index contributed by atoms with van der Waals surface area (Å²) in [6.45, 7) is 2.41. The number of nitrogens with one attached hydrogen (secondary N) is 1. The van der Waals surface area contributed by atoms with Crippen molar-refractivity contribution in [3.63, 3.8) is 0 Å². The van der Waals surface area contributed by atoms with E-state index in [9.17, 15) is 22.8 Å². The lowest BCUT2D eigenvalue weighted by Gasteiger charge is -2.35. The summed E-state index contributed by atoms with van der Waals surface area (Å²) < 4.78 is 44.0. The summed E-state index contributed by atoms with van der Waals surface area (Å²) in [7, 11) is 0. The van der Waals surface area contributed by atoms with Crippen LogP contribution in [0.5, 0.6) is 5.75 Å².